The summed E-state index contributed by atoms with van der Waals surface area (Å²) in [5.74, 6) is 0.967. The second kappa shape index (κ2) is 5.27. The van der Waals surface area contributed by atoms with Crippen LogP contribution in [-0.4, -0.2) is 14.5 Å². The van der Waals surface area contributed by atoms with Crippen LogP contribution in [0.1, 0.15) is 45.0 Å². The molecule has 0 saturated carbocycles. The molecule has 0 aromatic carbocycles. The largest absolute Gasteiger partial charge is 0.321 e. The van der Waals surface area contributed by atoms with Crippen molar-refractivity contribution in [2.75, 3.05) is 0 Å². The number of rotatable bonds is 5. The smallest absolute Gasteiger partial charge is 0.160 e. The SMILES string of the molecule is CCCCC(N)c1nc2cccnc2n1CC. The maximum atomic E-state index is 6.21. The van der Waals surface area contributed by atoms with Gasteiger partial charge in [0, 0.05) is 12.7 Å². The highest BCUT2D eigenvalue weighted by Crippen LogP contribution is 2.21. The van der Waals surface area contributed by atoms with Crippen molar-refractivity contribution >= 4 is 11.2 Å². The van der Waals surface area contributed by atoms with Gasteiger partial charge in [-0.2, -0.15) is 0 Å². The number of fused-ring (bicyclic) bond motifs is 1. The van der Waals surface area contributed by atoms with E-state index in [1.807, 2.05) is 12.1 Å². The van der Waals surface area contributed by atoms with Crippen molar-refractivity contribution in [3.63, 3.8) is 0 Å². The van der Waals surface area contributed by atoms with Gasteiger partial charge >= 0.3 is 0 Å². The Morgan fingerprint density at radius 2 is 2.24 bits per heavy atom. The molecule has 0 aliphatic carbocycles. The number of hydrogen-bond donors (Lipinski definition) is 1. The van der Waals surface area contributed by atoms with E-state index in [-0.39, 0.29) is 6.04 Å². The number of aryl methyl sites for hydroxylation is 1. The fourth-order valence-corrected chi connectivity index (χ4v) is 2.12. The van der Waals surface area contributed by atoms with E-state index >= 15 is 0 Å². The number of imidazole rings is 1. The first kappa shape index (κ1) is 12.0. The van der Waals surface area contributed by atoms with Crippen LogP contribution in [0, 0.1) is 0 Å². The van der Waals surface area contributed by atoms with E-state index in [4.69, 9.17) is 5.73 Å². The molecule has 2 heterocycles. The lowest BCUT2D eigenvalue weighted by Crippen LogP contribution is -2.16. The highest BCUT2D eigenvalue weighted by atomic mass is 15.1. The molecular formula is C13H20N4. The monoisotopic (exact) mass is 232 g/mol. The third kappa shape index (κ3) is 2.31. The molecule has 0 spiro atoms. The van der Waals surface area contributed by atoms with Crippen molar-refractivity contribution in [3.8, 4) is 0 Å². The average Bonchev–Trinajstić information content (AvgIpc) is 2.74. The van der Waals surface area contributed by atoms with Gasteiger partial charge in [0.1, 0.15) is 11.3 Å². The molecule has 0 saturated heterocycles. The molecular weight excluding hydrogens is 212 g/mol. The van der Waals surface area contributed by atoms with Gasteiger partial charge in [0.2, 0.25) is 0 Å². The molecule has 1 atom stereocenters. The summed E-state index contributed by atoms with van der Waals surface area (Å²) in [7, 11) is 0. The van der Waals surface area contributed by atoms with Crippen molar-refractivity contribution in [2.24, 2.45) is 5.73 Å². The zero-order chi connectivity index (χ0) is 12.3. The minimum Gasteiger partial charge on any atom is -0.321 e. The Hall–Kier alpha value is -1.42. The molecule has 17 heavy (non-hydrogen) atoms. The van der Waals surface area contributed by atoms with Gasteiger partial charge in [-0.15, -0.1) is 0 Å². The summed E-state index contributed by atoms with van der Waals surface area (Å²) >= 11 is 0. The van der Waals surface area contributed by atoms with Gasteiger partial charge in [0.15, 0.2) is 5.65 Å². The quantitative estimate of drug-likeness (QED) is 0.862. The first-order valence-corrected chi connectivity index (χ1v) is 6.34. The van der Waals surface area contributed by atoms with Crippen molar-refractivity contribution in [2.45, 2.75) is 45.7 Å². The second-order valence-electron chi connectivity index (χ2n) is 4.31. The molecule has 4 nitrogen and oxygen atoms in total. The Morgan fingerprint density at radius 3 is 2.94 bits per heavy atom. The van der Waals surface area contributed by atoms with Crippen LogP contribution in [0.5, 0.6) is 0 Å². The fraction of sp³-hybridized carbons (Fsp3) is 0.538. The number of pyridine rings is 1. The molecule has 0 amide bonds. The maximum Gasteiger partial charge on any atom is 0.160 e. The minimum atomic E-state index is 0.0177. The van der Waals surface area contributed by atoms with Crippen molar-refractivity contribution in [1.82, 2.24) is 14.5 Å². The van der Waals surface area contributed by atoms with E-state index in [1.165, 1.54) is 0 Å². The lowest BCUT2D eigenvalue weighted by molar-refractivity contribution is 0.546. The maximum absolute atomic E-state index is 6.21. The van der Waals surface area contributed by atoms with Crippen LogP contribution in [0.25, 0.3) is 11.2 Å². The highest BCUT2D eigenvalue weighted by Gasteiger charge is 2.16. The number of aromatic nitrogens is 3. The van der Waals surface area contributed by atoms with E-state index < -0.39 is 0 Å². The van der Waals surface area contributed by atoms with E-state index in [2.05, 4.69) is 28.4 Å². The van der Waals surface area contributed by atoms with E-state index in [9.17, 15) is 0 Å². The van der Waals surface area contributed by atoms with Gasteiger partial charge in [0.05, 0.1) is 6.04 Å². The molecule has 0 radical (unpaired) electrons. The van der Waals surface area contributed by atoms with E-state index in [0.717, 1.165) is 42.8 Å². The third-order valence-corrected chi connectivity index (χ3v) is 3.05. The van der Waals surface area contributed by atoms with Crippen LogP contribution < -0.4 is 5.73 Å². The Bertz CT molecular complexity index is 489. The van der Waals surface area contributed by atoms with Gasteiger partial charge in [-0.3, -0.25) is 0 Å². The Kier molecular flexibility index (Phi) is 3.74. The Balaban J connectivity index is 2.38. The lowest BCUT2D eigenvalue weighted by Gasteiger charge is -2.12. The molecule has 0 aliphatic heterocycles. The number of nitrogens with two attached hydrogens (primary N) is 1. The summed E-state index contributed by atoms with van der Waals surface area (Å²) in [6.45, 7) is 5.14. The first-order valence-electron chi connectivity index (χ1n) is 6.34. The second-order valence-corrected chi connectivity index (χ2v) is 4.31. The zero-order valence-electron chi connectivity index (χ0n) is 10.6. The molecule has 0 fully saturated rings. The average molecular weight is 232 g/mol. The predicted molar refractivity (Wildman–Crippen MR) is 69.7 cm³/mol. The number of nitrogens with zero attached hydrogens (tertiary/aromatic N) is 3. The fourth-order valence-electron chi connectivity index (χ4n) is 2.12. The van der Waals surface area contributed by atoms with Crippen molar-refractivity contribution < 1.29 is 0 Å². The molecule has 2 N–H and O–H groups in total. The van der Waals surface area contributed by atoms with Crippen LogP contribution in [0.15, 0.2) is 18.3 Å². The number of hydrogen-bond acceptors (Lipinski definition) is 3. The van der Waals surface area contributed by atoms with E-state index in [1.54, 1.807) is 6.20 Å². The normalized spacial score (nSPS) is 13.1. The highest BCUT2D eigenvalue weighted by molar-refractivity contribution is 5.71. The van der Waals surface area contributed by atoms with Crippen LogP contribution in [0.2, 0.25) is 0 Å². The van der Waals surface area contributed by atoms with Crippen LogP contribution in [0.4, 0.5) is 0 Å². The van der Waals surface area contributed by atoms with Gasteiger partial charge in [-0.05, 0) is 25.5 Å². The van der Waals surface area contributed by atoms with E-state index in [0.29, 0.717) is 0 Å². The summed E-state index contributed by atoms with van der Waals surface area (Å²) in [5, 5.41) is 0. The summed E-state index contributed by atoms with van der Waals surface area (Å²) in [5.41, 5.74) is 8.09. The lowest BCUT2D eigenvalue weighted by atomic mass is 10.1. The first-order chi connectivity index (χ1) is 8.27. The van der Waals surface area contributed by atoms with Gasteiger partial charge < -0.3 is 10.3 Å². The zero-order valence-corrected chi connectivity index (χ0v) is 10.6. The molecule has 1 unspecified atom stereocenters. The molecule has 2 aromatic rings. The minimum absolute atomic E-state index is 0.0177. The Morgan fingerprint density at radius 1 is 1.41 bits per heavy atom. The number of unbranched alkanes of at least 4 members (excludes halogenated alkanes) is 1. The van der Waals surface area contributed by atoms with Crippen LogP contribution in [0.3, 0.4) is 0 Å². The topological polar surface area (TPSA) is 56.7 Å². The van der Waals surface area contributed by atoms with Gasteiger partial charge in [-0.25, -0.2) is 9.97 Å². The molecule has 92 valence electrons. The van der Waals surface area contributed by atoms with Crippen LogP contribution in [-0.2, 0) is 6.54 Å². The summed E-state index contributed by atoms with van der Waals surface area (Å²) in [4.78, 5) is 8.99. The summed E-state index contributed by atoms with van der Waals surface area (Å²) in [6, 6.07) is 3.92. The standard InChI is InChI=1S/C13H20N4/c1-3-5-7-10(14)12-16-11-8-6-9-15-13(11)17(12)4-2/h6,8-10H,3-5,7,14H2,1-2H3. The van der Waals surface area contributed by atoms with Crippen molar-refractivity contribution in [3.05, 3.63) is 24.2 Å². The molecule has 0 aliphatic rings. The molecule has 2 rings (SSSR count). The third-order valence-electron chi connectivity index (χ3n) is 3.05. The Labute approximate surface area is 102 Å². The summed E-state index contributed by atoms with van der Waals surface area (Å²) in [6.07, 6.45) is 5.09. The molecule has 0 bridgehead atoms. The van der Waals surface area contributed by atoms with Crippen molar-refractivity contribution in [1.29, 1.82) is 0 Å². The van der Waals surface area contributed by atoms with Crippen LogP contribution >= 0.6 is 0 Å². The van der Waals surface area contributed by atoms with Gasteiger partial charge in [0.25, 0.3) is 0 Å². The predicted octanol–water partition coefficient (Wildman–Crippen LogP) is 2.64. The molecule has 2 aromatic heterocycles. The molecule has 4 heteroatoms. The summed E-state index contributed by atoms with van der Waals surface area (Å²) < 4.78 is 2.12. The van der Waals surface area contributed by atoms with Gasteiger partial charge in [-0.1, -0.05) is 19.8 Å².